The molecule has 0 bridgehead atoms. The van der Waals surface area contributed by atoms with Gasteiger partial charge in [-0.2, -0.15) is 0 Å². The van der Waals surface area contributed by atoms with Crippen LogP contribution in [0, 0.1) is 11.8 Å². The van der Waals surface area contributed by atoms with Gasteiger partial charge < -0.3 is 19.5 Å². The number of rotatable bonds is 5. The number of aromatic nitrogens is 2. The number of amides is 1. The highest BCUT2D eigenvalue weighted by molar-refractivity contribution is 7.99. The van der Waals surface area contributed by atoms with Crippen molar-refractivity contribution in [2.75, 3.05) is 25.7 Å². The van der Waals surface area contributed by atoms with Gasteiger partial charge in [0.1, 0.15) is 12.4 Å². The van der Waals surface area contributed by atoms with Crippen molar-refractivity contribution in [1.82, 2.24) is 14.9 Å². The molecule has 160 valence electrons. The molecule has 3 heterocycles. The number of carbonyl (C=O) groups is 1. The van der Waals surface area contributed by atoms with E-state index in [0.29, 0.717) is 23.0 Å². The van der Waals surface area contributed by atoms with Crippen LogP contribution in [0.4, 0.5) is 0 Å². The fraction of sp³-hybridized carbons (Fsp3) is 0.409. The first-order chi connectivity index (χ1) is 15.2. The lowest BCUT2D eigenvalue weighted by Crippen LogP contribution is -2.32. The molecule has 1 aliphatic carbocycles. The van der Waals surface area contributed by atoms with E-state index in [2.05, 4.69) is 22.1 Å². The van der Waals surface area contributed by atoms with Gasteiger partial charge in [0.2, 0.25) is 12.7 Å². The van der Waals surface area contributed by atoms with Crippen LogP contribution in [0.15, 0.2) is 28.2 Å². The minimum atomic E-state index is -0.159. The number of fused-ring (bicyclic) bond motifs is 3. The van der Waals surface area contributed by atoms with Gasteiger partial charge in [0.15, 0.2) is 16.7 Å². The van der Waals surface area contributed by atoms with Gasteiger partial charge in [0, 0.05) is 23.8 Å². The van der Waals surface area contributed by atoms with E-state index in [-0.39, 0.29) is 43.9 Å². The second kappa shape index (κ2) is 8.55. The number of aryl methyl sites for hydroxylation is 1. The van der Waals surface area contributed by atoms with Gasteiger partial charge in [-0.1, -0.05) is 23.6 Å². The van der Waals surface area contributed by atoms with E-state index < -0.39 is 0 Å². The Bertz CT molecular complexity index is 1150. The van der Waals surface area contributed by atoms with E-state index >= 15 is 0 Å². The molecule has 1 amide bonds. The standard InChI is InChI=1S/C22H21N3O5S/c26-20(10-14-12-31-22-24-17-5-3-4-16(17)21(27)25(14)22)23-8-1-2-9-28-15-6-7-18-19(11-15)30-13-29-18/h6-7,11,14H,3-5,8-10,12-13H2,(H,23,26). The summed E-state index contributed by atoms with van der Waals surface area (Å²) in [6.45, 7) is 0.651. The van der Waals surface area contributed by atoms with Crippen LogP contribution < -0.4 is 25.1 Å². The van der Waals surface area contributed by atoms with Gasteiger partial charge in [0.25, 0.3) is 5.56 Å². The molecule has 1 N–H and O–H groups in total. The first-order valence-electron chi connectivity index (χ1n) is 10.2. The molecule has 0 fully saturated rings. The Hall–Kier alpha value is -3.12. The topological polar surface area (TPSA) is 91.7 Å². The number of benzene rings is 1. The van der Waals surface area contributed by atoms with E-state index in [1.807, 2.05) is 0 Å². The summed E-state index contributed by atoms with van der Waals surface area (Å²) < 4.78 is 17.8. The van der Waals surface area contributed by atoms with Crippen LogP contribution in [0.1, 0.15) is 30.1 Å². The first-order valence-corrected chi connectivity index (χ1v) is 11.2. The van der Waals surface area contributed by atoms with E-state index in [9.17, 15) is 9.59 Å². The molecule has 31 heavy (non-hydrogen) atoms. The monoisotopic (exact) mass is 439 g/mol. The van der Waals surface area contributed by atoms with Crippen molar-refractivity contribution in [2.24, 2.45) is 0 Å². The molecule has 9 heteroatoms. The fourth-order valence-electron chi connectivity index (χ4n) is 3.93. The maximum absolute atomic E-state index is 12.8. The lowest BCUT2D eigenvalue weighted by atomic mass is 10.2. The molecular formula is C22H21N3O5S. The van der Waals surface area contributed by atoms with Gasteiger partial charge in [-0.15, -0.1) is 0 Å². The number of nitrogens with one attached hydrogen (secondary N) is 1. The van der Waals surface area contributed by atoms with E-state index in [1.54, 1.807) is 34.5 Å². The van der Waals surface area contributed by atoms with Gasteiger partial charge in [-0.3, -0.25) is 14.2 Å². The predicted molar refractivity (Wildman–Crippen MR) is 114 cm³/mol. The second-order valence-electron chi connectivity index (χ2n) is 7.45. The summed E-state index contributed by atoms with van der Waals surface area (Å²) in [5, 5.41) is 3.53. The molecule has 5 rings (SSSR count). The number of hydrogen-bond donors (Lipinski definition) is 1. The zero-order chi connectivity index (χ0) is 21.2. The molecule has 2 aliphatic heterocycles. The van der Waals surface area contributed by atoms with Crippen molar-refractivity contribution in [3.8, 4) is 29.1 Å². The molecular weight excluding hydrogens is 418 g/mol. The summed E-state index contributed by atoms with van der Waals surface area (Å²) in [6.07, 6.45) is 2.89. The number of thioether (sulfide) groups is 1. The summed E-state index contributed by atoms with van der Waals surface area (Å²) in [5.74, 6) is 8.32. The Balaban J connectivity index is 1.10. The number of nitrogens with zero attached hydrogens (tertiary/aromatic N) is 2. The second-order valence-corrected chi connectivity index (χ2v) is 8.44. The molecule has 3 aliphatic rings. The van der Waals surface area contributed by atoms with Gasteiger partial charge in [-0.05, 0) is 31.4 Å². The van der Waals surface area contributed by atoms with Crippen LogP contribution >= 0.6 is 11.8 Å². The summed E-state index contributed by atoms with van der Waals surface area (Å²) in [7, 11) is 0. The van der Waals surface area contributed by atoms with Crippen molar-refractivity contribution in [2.45, 2.75) is 36.9 Å². The molecule has 1 atom stereocenters. The van der Waals surface area contributed by atoms with Crippen LogP contribution in [0.2, 0.25) is 0 Å². The van der Waals surface area contributed by atoms with Crippen molar-refractivity contribution >= 4 is 17.7 Å². The third-order valence-corrected chi connectivity index (χ3v) is 6.54. The molecule has 0 saturated heterocycles. The van der Waals surface area contributed by atoms with Crippen LogP contribution in [0.3, 0.4) is 0 Å². The average molecular weight is 439 g/mol. The molecule has 0 saturated carbocycles. The minimum Gasteiger partial charge on any atom is -0.481 e. The van der Waals surface area contributed by atoms with Gasteiger partial charge >= 0.3 is 0 Å². The minimum absolute atomic E-state index is 0.0285. The van der Waals surface area contributed by atoms with Crippen molar-refractivity contribution in [1.29, 1.82) is 0 Å². The van der Waals surface area contributed by atoms with Crippen LogP contribution in [-0.4, -0.2) is 41.2 Å². The Labute approximate surface area is 183 Å². The smallest absolute Gasteiger partial charge is 0.257 e. The van der Waals surface area contributed by atoms with Crippen molar-refractivity contribution in [3.05, 3.63) is 39.8 Å². The quantitative estimate of drug-likeness (QED) is 0.560. The summed E-state index contributed by atoms with van der Waals surface area (Å²) in [4.78, 5) is 29.8. The summed E-state index contributed by atoms with van der Waals surface area (Å²) in [6, 6.07) is 5.18. The molecule has 1 aromatic heterocycles. The van der Waals surface area contributed by atoms with Crippen LogP contribution in [-0.2, 0) is 17.6 Å². The molecule has 2 aromatic rings. The predicted octanol–water partition coefficient (Wildman–Crippen LogP) is 1.70. The highest BCUT2D eigenvalue weighted by atomic mass is 32.2. The molecule has 1 aromatic carbocycles. The van der Waals surface area contributed by atoms with Crippen LogP contribution in [0.25, 0.3) is 0 Å². The largest absolute Gasteiger partial charge is 0.481 e. The van der Waals surface area contributed by atoms with Gasteiger partial charge in [0.05, 0.1) is 18.3 Å². The first kappa shape index (κ1) is 19.8. The van der Waals surface area contributed by atoms with Crippen LogP contribution in [0.5, 0.6) is 17.2 Å². The SMILES string of the molecule is O=C(CC1CSc2nc3c(c(=O)n21)CCC3)NCC#CCOc1ccc2c(c1)OCO2. The number of hydrogen-bond acceptors (Lipinski definition) is 7. The Kier molecular flexibility index (Phi) is 5.47. The highest BCUT2D eigenvalue weighted by Gasteiger charge is 2.30. The molecule has 1 unspecified atom stereocenters. The third kappa shape index (κ3) is 4.08. The van der Waals surface area contributed by atoms with Crippen molar-refractivity contribution < 1.29 is 19.0 Å². The summed E-state index contributed by atoms with van der Waals surface area (Å²) in [5.41, 5.74) is 1.79. The maximum Gasteiger partial charge on any atom is 0.257 e. The van der Waals surface area contributed by atoms with Gasteiger partial charge in [-0.25, -0.2) is 4.98 Å². The van der Waals surface area contributed by atoms with E-state index in [1.165, 1.54) is 0 Å². The number of ether oxygens (including phenoxy) is 3. The lowest BCUT2D eigenvalue weighted by molar-refractivity contribution is -0.121. The number of carbonyl (C=O) groups excluding carboxylic acids is 1. The normalized spacial score (nSPS) is 17.5. The average Bonchev–Trinajstić information content (AvgIpc) is 3.50. The van der Waals surface area contributed by atoms with Crippen molar-refractivity contribution in [3.63, 3.8) is 0 Å². The fourth-order valence-corrected chi connectivity index (χ4v) is 5.09. The maximum atomic E-state index is 12.8. The summed E-state index contributed by atoms with van der Waals surface area (Å²) >= 11 is 1.55. The molecule has 0 spiro atoms. The van der Waals surface area contributed by atoms with E-state index in [4.69, 9.17) is 14.2 Å². The third-order valence-electron chi connectivity index (χ3n) is 5.45. The Morgan fingerprint density at radius 3 is 3.13 bits per heavy atom. The highest BCUT2D eigenvalue weighted by Crippen LogP contribution is 2.35. The molecule has 0 radical (unpaired) electrons. The zero-order valence-corrected chi connectivity index (χ0v) is 17.6. The van der Waals surface area contributed by atoms with E-state index in [0.717, 1.165) is 35.7 Å². The zero-order valence-electron chi connectivity index (χ0n) is 16.8. The molecule has 8 nitrogen and oxygen atoms in total. The Morgan fingerprint density at radius 2 is 2.19 bits per heavy atom. The lowest BCUT2D eigenvalue weighted by Gasteiger charge is -2.13. The Morgan fingerprint density at radius 1 is 1.29 bits per heavy atom.